The molecule has 6 bridgehead atoms. The topological polar surface area (TPSA) is 359 Å². The Morgan fingerprint density at radius 2 is 0.833 bits per heavy atom. The van der Waals surface area contributed by atoms with Crippen molar-refractivity contribution in [2.45, 2.75) is 18.1 Å². The molecule has 0 saturated carbocycles. The van der Waals surface area contributed by atoms with Gasteiger partial charge in [0.05, 0.1) is 19.6 Å². The SMILES string of the molecule is NC(N)=NC[C@@H]1NC(=O)c2coc(n2)[C@H](CN=C(N)N)NC(=O)c2coc(n2)[C@H](CN=C(N)N)NC(=O)c2coc1n2. The van der Waals surface area contributed by atoms with Crippen LogP contribution in [0.3, 0.4) is 0 Å². The molecule has 0 spiro atoms. The summed E-state index contributed by atoms with van der Waals surface area (Å²) in [6, 6.07) is -3.16. The molecule has 0 aliphatic carbocycles. The van der Waals surface area contributed by atoms with Crippen LogP contribution in [0.5, 0.6) is 0 Å². The minimum Gasteiger partial charge on any atom is -0.446 e. The van der Waals surface area contributed by atoms with Crippen molar-refractivity contribution < 1.29 is 27.6 Å². The second kappa shape index (κ2) is 12.4. The Morgan fingerprint density at radius 1 is 0.571 bits per heavy atom. The number of aromatic nitrogens is 3. The lowest BCUT2D eigenvalue weighted by Crippen LogP contribution is -2.35. The first-order chi connectivity index (χ1) is 20.0. The standard InChI is InChI=1S/C21H27N15O6/c22-19(23)28-1-7-16-34-11(4-40-16)14(38)32-9(3-30-21(26)27)18-36-12(6-42-18)15(39)33-8(2-29-20(24)25)17-35-10(5-41-17)13(37)31-7/h4-9H,1-3H2,(H,31,37)(H,32,38)(H,33,39)(H4,22,23,28)(H4,24,25,29)(H4,26,27,30)/t7-,8-,9-/m0/s1. The average Bonchev–Trinajstić information content (AvgIpc) is 3.71. The Kier molecular flexibility index (Phi) is 8.49. The Bertz CT molecular complexity index is 1360. The van der Waals surface area contributed by atoms with Gasteiger partial charge in [-0.15, -0.1) is 0 Å². The number of hydrogen-bond donors (Lipinski definition) is 9. The van der Waals surface area contributed by atoms with Gasteiger partial charge in [0, 0.05) is 0 Å². The lowest BCUT2D eigenvalue weighted by molar-refractivity contribution is 0.0921. The highest BCUT2D eigenvalue weighted by molar-refractivity contribution is 5.94. The first kappa shape index (κ1) is 28.8. The lowest BCUT2D eigenvalue weighted by Gasteiger charge is -2.14. The summed E-state index contributed by atoms with van der Waals surface area (Å²) in [5, 5.41) is 7.81. The van der Waals surface area contributed by atoms with E-state index in [1.165, 1.54) is 0 Å². The smallest absolute Gasteiger partial charge is 0.273 e. The highest BCUT2D eigenvalue weighted by atomic mass is 16.4. The van der Waals surface area contributed by atoms with E-state index in [2.05, 4.69) is 45.9 Å². The zero-order valence-electron chi connectivity index (χ0n) is 21.7. The minimum atomic E-state index is -1.05. The number of nitrogens with two attached hydrogens (primary N) is 6. The molecule has 0 aromatic carbocycles. The van der Waals surface area contributed by atoms with Crippen LogP contribution in [0.2, 0.25) is 0 Å². The molecule has 3 atom stereocenters. The van der Waals surface area contributed by atoms with Crippen LogP contribution in [0.4, 0.5) is 0 Å². The first-order valence-electron chi connectivity index (χ1n) is 11.9. The van der Waals surface area contributed by atoms with Gasteiger partial charge in [-0.05, 0) is 0 Å². The number of nitrogens with zero attached hydrogens (tertiary/aromatic N) is 6. The van der Waals surface area contributed by atoms with Crippen molar-refractivity contribution >= 4 is 35.6 Å². The fourth-order valence-electron chi connectivity index (χ4n) is 3.50. The van der Waals surface area contributed by atoms with Crippen LogP contribution in [0.1, 0.15) is 67.3 Å². The lowest BCUT2D eigenvalue weighted by atomic mass is 10.2. The average molecular weight is 586 g/mol. The molecule has 4 rings (SSSR count). The summed E-state index contributed by atoms with van der Waals surface area (Å²) in [7, 11) is 0. The first-order valence-corrected chi connectivity index (χ1v) is 11.9. The maximum Gasteiger partial charge on any atom is 0.273 e. The van der Waals surface area contributed by atoms with Gasteiger partial charge in [0.1, 0.15) is 36.9 Å². The van der Waals surface area contributed by atoms with E-state index in [1.54, 1.807) is 0 Å². The van der Waals surface area contributed by atoms with Gasteiger partial charge in [0.25, 0.3) is 17.7 Å². The molecule has 0 radical (unpaired) electrons. The summed E-state index contributed by atoms with van der Waals surface area (Å²) >= 11 is 0. The van der Waals surface area contributed by atoms with Crippen LogP contribution in [0.25, 0.3) is 0 Å². The number of rotatable bonds is 6. The Balaban J connectivity index is 1.77. The molecule has 3 aromatic heterocycles. The van der Waals surface area contributed by atoms with Crippen molar-refractivity contribution in [3.8, 4) is 0 Å². The molecule has 1 aliphatic rings. The van der Waals surface area contributed by atoms with Gasteiger partial charge >= 0.3 is 0 Å². The maximum atomic E-state index is 13.1. The van der Waals surface area contributed by atoms with Crippen molar-refractivity contribution in [3.05, 3.63) is 53.5 Å². The minimum absolute atomic E-state index is 0.111. The molecular weight excluding hydrogens is 558 g/mol. The zero-order valence-corrected chi connectivity index (χ0v) is 21.7. The predicted molar refractivity (Wildman–Crippen MR) is 142 cm³/mol. The van der Waals surface area contributed by atoms with Gasteiger partial charge in [-0.2, -0.15) is 0 Å². The quantitative estimate of drug-likeness (QED) is 0.0988. The van der Waals surface area contributed by atoms with Crippen LogP contribution < -0.4 is 50.4 Å². The molecule has 4 heterocycles. The van der Waals surface area contributed by atoms with Crippen LogP contribution in [-0.2, 0) is 0 Å². The van der Waals surface area contributed by atoms with Crippen molar-refractivity contribution in [2.24, 2.45) is 49.4 Å². The van der Waals surface area contributed by atoms with Crippen LogP contribution in [0.15, 0.2) is 47.0 Å². The summed E-state index contributed by atoms with van der Waals surface area (Å²) in [5.41, 5.74) is 32.1. The maximum absolute atomic E-state index is 13.1. The monoisotopic (exact) mass is 585 g/mol. The molecule has 0 unspecified atom stereocenters. The third kappa shape index (κ3) is 7.08. The molecule has 15 N–H and O–H groups in total. The van der Waals surface area contributed by atoms with Gasteiger partial charge in [-0.25, -0.2) is 15.0 Å². The summed E-state index contributed by atoms with van der Waals surface area (Å²) in [6.45, 7) is -0.638. The van der Waals surface area contributed by atoms with Crippen LogP contribution in [0, 0.1) is 0 Å². The van der Waals surface area contributed by atoms with Crippen molar-refractivity contribution in [2.75, 3.05) is 19.6 Å². The Hall–Kier alpha value is -6.15. The number of aliphatic imine (C=N–C) groups is 3. The van der Waals surface area contributed by atoms with E-state index in [0.29, 0.717) is 0 Å². The highest BCUT2D eigenvalue weighted by Gasteiger charge is 2.29. The molecule has 222 valence electrons. The van der Waals surface area contributed by atoms with Gasteiger partial charge in [-0.1, -0.05) is 0 Å². The normalized spacial score (nSPS) is 18.9. The molecular formula is C21H27N15O6. The van der Waals surface area contributed by atoms with E-state index >= 15 is 0 Å². The third-order valence-electron chi connectivity index (χ3n) is 5.44. The number of guanidine groups is 3. The van der Waals surface area contributed by atoms with Crippen molar-refractivity contribution in [1.82, 2.24) is 30.9 Å². The van der Waals surface area contributed by atoms with E-state index < -0.39 is 35.8 Å². The fraction of sp³-hybridized carbons (Fsp3) is 0.286. The van der Waals surface area contributed by atoms with Crippen LogP contribution >= 0.6 is 0 Å². The molecule has 21 heteroatoms. The van der Waals surface area contributed by atoms with Gasteiger partial charge in [0.15, 0.2) is 35.0 Å². The number of fused-ring (bicyclic) bond motifs is 6. The number of carbonyl (C=O) groups excluding carboxylic acids is 3. The highest BCUT2D eigenvalue weighted by Crippen LogP contribution is 2.20. The summed E-state index contributed by atoms with van der Waals surface area (Å²) in [4.78, 5) is 63.3. The van der Waals surface area contributed by atoms with E-state index in [-0.39, 0.29) is 72.3 Å². The summed E-state index contributed by atoms with van der Waals surface area (Å²) in [6.07, 6.45) is 3.13. The number of hydrogen-bond acceptors (Lipinski definition) is 12. The van der Waals surface area contributed by atoms with Gasteiger partial charge < -0.3 is 63.6 Å². The molecule has 0 fully saturated rings. The number of carbonyl (C=O) groups is 3. The van der Waals surface area contributed by atoms with Gasteiger partial charge in [-0.3, -0.25) is 29.4 Å². The molecule has 3 aromatic rings. The molecule has 21 nitrogen and oxygen atoms in total. The number of amides is 3. The van der Waals surface area contributed by atoms with E-state index in [4.69, 9.17) is 47.7 Å². The Morgan fingerprint density at radius 3 is 1.07 bits per heavy atom. The zero-order chi connectivity index (χ0) is 30.4. The molecule has 1 aliphatic heterocycles. The Labute approximate surface area is 235 Å². The summed E-state index contributed by atoms with van der Waals surface area (Å²) < 4.78 is 16.3. The van der Waals surface area contributed by atoms with Crippen molar-refractivity contribution in [1.29, 1.82) is 0 Å². The predicted octanol–water partition coefficient (Wildman–Crippen LogP) is -3.80. The van der Waals surface area contributed by atoms with Crippen LogP contribution in [-0.4, -0.2) is 70.2 Å². The second-order valence-corrected chi connectivity index (χ2v) is 8.59. The fourth-order valence-corrected chi connectivity index (χ4v) is 3.50. The number of oxazole rings is 3. The molecule has 42 heavy (non-hydrogen) atoms. The van der Waals surface area contributed by atoms with Gasteiger partial charge in [0.2, 0.25) is 17.7 Å². The molecule has 0 saturated heterocycles. The summed E-state index contributed by atoms with van der Waals surface area (Å²) in [5.74, 6) is -3.42. The van der Waals surface area contributed by atoms with Crippen molar-refractivity contribution in [3.63, 3.8) is 0 Å². The second-order valence-electron chi connectivity index (χ2n) is 8.59. The number of nitrogens with one attached hydrogen (secondary N) is 3. The third-order valence-corrected chi connectivity index (χ3v) is 5.44. The largest absolute Gasteiger partial charge is 0.446 e. The van der Waals surface area contributed by atoms with E-state index in [1.807, 2.05) is 0 Å². The molecule has 3 amide bonds. The van der Waals surface area contributed by atoms with E-state index in [9.17, 15) is 14.4 Å². The van der Waals surface area contributed by atoms with E-state index in [0.717, 1.165) is 18.8 Å².